The molecule has 2 fully saturated rings. The first kappa shape index (κ1) is 15.4. The van der Waals surface area contributed by atoms with Crippen LogP contribution in [0.25, 0.3) is 0 Å². The Morgan fingerprint density at radius 2 is 2.00 bits per heavy atom. The van der Waals surface area contributed by atoms with E-state index in [-0.39, 0.29) is 0 Å². The lowest BCUT2D eigenvalue weighted by molar-refractivity contribution is 0.368. The van der Waals surface area contributed by atoms with Crippen LogP contribution in [0.4, 0.5) is 0 Å². The highest BCUT2D eigenvalue weighted by Crippen LogP contribution is 2.22. The van der Waals surface area contributed by atoms with Crippen molar-refractivity contribution < 1.29 is 8.42 Å². The molecule has 0 amide bonds. The predicted octanol–water partition coefficient (Wildman–Crippen LogP) is 1.61. The van der Waals surface area contributed by atoms with Gasteiger partial charge in [0.05, 0.1) is 0 Å². The van der Waals surface area contributed by atoms with Gasteiger partial charge < -0.3 is 10.2 Å². The van der Waals surface area contributed by atoms with E-state index in [1.807, 2.05) is 4.90 Å². The van der Waals surface area contributed by atoms with Crippen molar-refractivity contribution in [2.24, 2.45) is 0 Å². The van der Waals surface area contributed by atoms with Gasteiger partial charge in [0.15, 0.2) is 14.9 Å². The maximum absolute atomic E-state index is 11.9. The minimum absolute atomic E-state index is 0.427. The molecule has 0 radical (unpaired) electrons. The van der Waals surface area contributed by atoms with Crippen molar-refractivity contribution in [3.63, 3.8) is 0 Å². The number of hydrogen-bond donors (Lipinski definition) is 1. The molecular formula is C12H22N2O2S3. The van der Waals surface area contributed by atoms with Crippen molar-refractivity contribution >= 4 is 38.9 Å². The average Bonchev–Trinajstić information content (AvgIpc) is 2.39. The zero-order valence-corrected chi connectivity index (χ0v) is 13.7. The van der Waals surface area contributed by atoms with Gasteiger partial charge in [-0.15, -0.1) is 0 Å². The van der Waals surface area contributed by atoms with E-state index >= 15 is 0 Å². The van der Waals surface area contributed by atoms with E-state index in [1.54, 1.807) is 11.8 Å². The van der Waals surface area contributed by atoms with Gasteiger partial charge in [0.2, 0.25) is 0 Å². The third-order valence-electron chi connectivity index (χ3n) is 3.77. The van der Waals surface area contributed by atoms with Crippen molar-refractivity contribution in [3.8, 4) is 0 Å². The molecule has 19 heavy (non-hydrogen) atoms. The highest BCUT2D eigenvalue weighted by atomic mass is 32.2. The van der Waals surface area contributed by atoms with E-state index in [2.05, 4.69) is 5.32 Å². The van der Waals surface area contributed by atoms with Crippen molar-refractivity contribution in [1.29, 1.82) is 0 Å². The Morgan fingerprint density at radius 3 is 2.63 bits per heavy atom. The monoisotopic (exact) mass is 322 g/mol. The second-order valence-electron chi connectivity index (χ2n) is 5.34. The number of nitrogens with zero attached hydrogens (tertiary/aromatic N) is 1. The molecule has 1 heterocycles. The van der Waals surface area contributed by atoms with Crippen LogP contribution in [0.5, 0.6) is 0 Å². The Hall–Kier alpha value is -0.0100. The van der Waals surface area contributed by atoms with Gasteiger partial charge in [-0.2, -0.15) is 11.8 Å². The van der Waals surface area contributed by atoms with Crippen molar-refractivity contribution in [3.05, 3.63) is 0 Å². The highest BCUT2D eigenvalue weighted by Gasteiger charge is 2.33. The van der Waals surface area contributed by atoms with Crippen LogP contribution in [0.2, 0.25) is 0 Å². The molecule has 0 spiro atoms. The van der Waals surface area contributed by atoms with E-state index in [0.29, 0.717) is 16.9 Å². The number of nitrogens with one attached hydrogen (secondary N) is 1. The largest absolute Gasteiger partial charge is 0.360 e. The summed E-state index contributed by atoms with van der Waals surface area (Å²) >= 11 is 7.13. The summed E-state index contributed by atoms with van der Waals surface area (Å²) in [7, 11) is -3.08. The molecule has 1 aliphatic heterocycles. The number of thioether (sulfide) groups is 1. The summed E-state index contributed by atoms with van der Waals surface area (Å²) in [6.07, 6.45) is 7.38. The number of rotatable bonds is 2. The third-order valence-corrected chi connectivity index (χ3v) is 6.77. The van der Waals surface area contributed by atoms with Crippen molar-refractivity contribution in [2.75, 3.05) is 24.3 Å². The van der Waals surface area contributed by atoms with Gasteiger partial charge in [0.1, 0.15) is 5.37 Å². The third kappa shape index (κ3) is 4.23. The van der Waals surface area contributed by atoms with Gasteiger partial charge in [-0.1, -0.05) is 19.3 Å². The summed E-state index contributed by atoms with van der Waals surface area (Å²) in [5.41, 5.74) is 0. The number of hydrogen-bond acceptors (Lipinski definition) is 4. The number of sulfone groups is 1. The summed E-state index contributed by atoms with van der Waals surface area (Å²) in [6.45, 7) is 0.723. The quantitative estimate of drug-likeness (QED) is 0.780. The second kappa shape index (κ2) is 6.63. The van der Waals surface area contributed by atoms with Crippen LogP contribution < -0.4 is 5.32 Å². The van der Waals surface area contributed by atoms with Crippen LogP contribution in [0.15, 0.2) is 0 Å². The highest BCUT2D eigenvalue weighted by molar-refractivity contribution is 8.00. The fourth-order valence-corrected chi connectivity index (χ4v) is 5.95. The summed E-state index contributed by atoms with van der Waals surface area (Å²) < 4.78 is 23.7. The fourth-order valence-electron chi connectivity index (χ4n) is 2.67. The molecule has 1 N–H and O–H groups in total. The summed E-state index contributed by atoms with van der Waals surface area (Å²) in [5, 5.41) is 3.54. The Morgan fingerprint density at radius 1 is 1.32 bits per heavy atom. The first-order valence-electron chi connectivity index (χ1n) is 6.82. The lowest BCUT2D eigenvalue weighted by atomic mass is 9.96. The summed E-state index contributed by atoms with van der Waals surface area (Å²) in [5.74, 6) is 1.56. The first-order chi connectivity index (χ1) is 8.98. The minimum atomic E-state index is -3.08. The maximum atomic E-state index is 11.9. The lowest BCUT2D eigenvalue weighted by Crippen LogP contribution is -2.55. The van der Waals surface area contributed by atoms with Crippen LogP contribution in [-0.2, 0) is 9.84 Å². The van der Waals surface area contributed by atoms with E-state index < -0.39 is 15.2 Å². The first-order valence-corrected chi connectivity index (χ1v) is 10.3. The summed E-state index contributed by atoms with van der Waals surface area (Å²) in [6, 6.07) is 0.427. The van der Waals surface area contributed by atoms with Crippen LogP contribution in [0.1, 0.15) is 32.1 Å². The molecule has 1 unspecified atom stereocenters. The van der Waals surface area contributed by atoms with Gasteiger partial charge in [-0.25, -0.2) is 8.42 Å². The normalized spacial score (nSPS) is 26.2. The van der Waals surface area contributed by atoms with Crippen LogP contribution in [0.3, 0.4) is 0 Å². The molecule has 2 aliphatic rings. The van der Waals surface area contributed by atoms with E-state index in [1.165, 1.54) is 25.5 Å². The van der Waals surface area contributed by atoms with Gasteiger partial charge in [-0.05, 0) is 25.1 Å². The SMILES string of the molecule is CS(=O)(=O)C1CSCCN1C(=S)NC1CCCCC1. The molecule has 0 aromatic heterocycles. The molecular weight excluding hydrogens is 300 g/mol. The van der Waals surface area contributed by atoms with Crippen molar-refractivity contribution in [1.82, 2.24) is 10.2 Å². The molecule has 1 saturated heterocycles. The molecule has 7 heteroatoms. The molecule has 110 valence electrons. The Kier molecular flexibility index (Phi) is 5.37. The molecule has 0 aromatic carbocycles. The average molecular weight is 323 g/mol. The molecule has 2 rings (SSSR count). The molecule has 4 nitrogen and oxygen atoms in total. The minimum Gasteiger partial charge on any atom is -0.360 e. The van der Waals surface area contributed by atoms with E-state index in [9.17, 15) is 8.42 Å². The molecule has 0 bridgehead atoms. The van der Waals surface area contributed by atoms with Gasteiger partial charge in [0.25, 0.3) is 0 Å². The zero-order chi connectivity index (χ0) is 13.9. The van der Waals surface area contributed by atoms with Crippen LogP contribution in [-0.4, -0.2) is 54.2 Å². The smallest absolute Gasteiger partial charge is 0.170 e. The predicted molar refractivity (Wildman–Crippen MR) is 85.3 cm³/mol. The zero-order valence-electron chi connectivity index (χ0n) is 11.3. The second-order valence-corrected chi connectivity index (χ2v) is 9.08. The van der Waals surface area contributed by atoms with Crippen LogP contribution in [0, 0.1) is 0 Å². The standard InChI is InChI=1S/C12H22N2O2S3/c1-19(15,16)11-9-18-8-7-14(11)12(17)13-10-5-3-2-4-6-10/h10-11H,2-9H2,1H3,(H,13,17). The van der Waals surface area contributed by atoms with Gasteiger partial charge >= 0.3 is 0 Å². The Labute approximate surface area is 125 Å². The van der Waals surface area contributed by atoms with Gasteiger partial charge in [0, 0.05) is 30.3 Å². The molecule has 1 aliphatic carbocycles. The van der Waals surface area contributed by atoms with Crippen LogP contribution >= 0.6 is 24.0 Å². The van der Waals surface area contributed by atoms with Gasteiger partial charge in [-0.3, -0.25) is 0 Å². The Bertz CT molecular complexity index is 419. The van der Waals surface area contributed by atoms with Crippen molar-refractivity contribution in [2.45, 2.75) is 43.5 Å². The molecule has 0 aromatic rings. The maximum Gasteiger partial charge on any atom is 0.170 e. The Balaban J connectivity index is 1.99. The lowest BCUT2D eigenvalue weighted by Gasteiger charge is -2.37. The topological polar surface area (TPSA) is 49.4 Å². The van der Waals surface area contributed by atoms with E-state index in [4.69, 9.17) is 12.2 Å². The fraction of sp³-hybridized carbons (Fsp3) is 0.917. The number of thiocarbonyl (C=S) groups is 1. The summed E-state index contributed by atoms with van der Waals surface area (Å²) in [4.78, 5) is 1.87. The molecule has 1 saturated carbocycles. The molecule has 1 atom stereocenters. The van der Waals surface area contributed by atoms with E-state index in [0.717, 1.165) is 25.1 Å².